The van der Waals surface area contributed by atoms with Crippen molar-refractivity contribution in [1.29, 1.82) is 0 Å². The molecule has 0 spiro atoms. The summed E-state index contributed by atoms with van der Waals surface area (Å²) in [5, 5.41) is 17.8. The number of aryl methyl sites for hydroxylation is 1. The average molecular weight is 525 g/mol. The van der Waals surface area contributed by atoms with E-state index in [1.165, 1.54) is 11.3 Å². The molecular weight excluding hydrogens is 492 g/mol. The van der Waals surface area contributed by atoms with Crippen molar-refractivity contribution >= 4 is 46.2 Å². The van der Waals surface area contributed by atoms with Gasteiger partial charge in [-0.3, -0.25) is 9.59 Å². The number of carbonyl (C=O) groups is 2. The molecular formula is C27H32N4O3S2. The number of piperidine rings is 1. The van der Waals surface area contributed by atoms with E-state index in [1.54, 1.807) is 0 Å². The molecule has 1 aliphatic heterocycles. The van der Waals surface area contributed by atoms with Crippen molar-refractivity contribution in [3.63, 3.8) is 0 Å². The monoisotopic (exact) mass is 524 g/mol. The third-order valence-corrected chi connectivity index (χ3v) is 7.19. The van der Waals surface area contributed by atoms with Crippen LogP contribution in [0.5, 0.6) is 0 Å². The first-order valence-corrected chi connectivity index (χ1v) is 13.4. The number of amides is 1. The molecule has 1 aromatic heterocycles. The average Bonchev–Trinajstić information content (AvgIpc) is 3.41. The smallest absolute Gasteiger partial charge is 0.322 e. The van der Waals surface area contributed by atoms with E-state index in [4.69, 9.17) is 17.3 Å². The second-order valence-corrected chi connectivity index (χ2v) is 9.53. The third kappa shape index (κ3) is 7.11. The van der Waals surface area contributed by atoms with Crippen molar-refractivity contribution < 1.29 is 14.7 Å². The van der Waals surface area contributed by atoms with E-state index in [2.05, 4.69) is 21.7 Å². The Labute approximate surface area is 221 Å². The first-order chi connectivity index (χ1) is 17.4. The Balaban J connectivity index is 0.00000176. The molecule has 1 aliphatic rings. The number of nitrogens with zero attached hydrogens (tertiary/aromatic N) is 2. The highest BCUT2D eigenvalue weighted by Gasteiger charge is 2.25. The van der Waals surface area contributed by atoms with Gasteiger partial charge in [0.1, 0.15) is 12.2 Å². The van der Waals surface area contributed by atoms with E-state index in [9.17, 15) is 9.59 Å². The van der Waals surface area contributed by atoms with E-state index >= 15 is 0 Å². The minimum atomic E-state index is -0.938. The highest BCUT2D eigenvalue weighted by Crippen LogP contribution is 2.32. The molecule has 9 heteroatoms. The molecule has 3 N–H and O–H groups in total. The maximum Gasteiger partial charge on any atom is 0.322 e. The molecule has 4 rings (SSSR count). The number of aliphatic carboxylic acids is 1. The number of benzene rings is 2. The number of rotatable bonds is 6. The Hall–Kier alpha value is -3.30. The van der Waals surface area contributed by atoms with Crippen LogP contribution < -0.4 is 10.6 Å². The Kier molecular flexibility index (Phi) is 9.95. The highest BCUT2D eigenvalue weighted by molar-refractivity contribution is 7.80. The minimum absolute atomic E-state index is 0.184. The van der Waals surface area contributed by atoms with Crippen molar-refractivity contribution in [3.8, 4) is 11.1 Å². The van der Waals surface area contributed by atoms with Gasteiger partial charge >= 0.3 is 5.97 Å². The van der Waals surface area contributed by atoms with Gasteiger partial charge in [-0.2, -0.15) is 0 Å². The second-order valence-electron chi connectivity index (χ2n) is 8.25. The zero-order chi connectivity index (χ0) is 26.1. The number of anilines is 1. The van der Waals surface area contributed by atoms with Crippen molar-refractivity contribution in [2.45, 2.75) is 39.5 Å². The molecule has 0 aliphatic carbocycles. The highest BCUT2D eigenvalue weighted by atomic mass is 32.1. The Bertz CT molecular complexity index is 1190. The molecule has 2 heterocycles. The molecule has 1 saturated heterocycles. The van der Waals surface area contributed by atoms with Gasteiger partial charge < -0.3 is 20.6 Å². The lowest BCUT2D eigenvalue weighted by atomic mass is 9.98. The minimum Gasteiger partial charge on any atom is -0.480 e. The predicted molar refractivity (Wildman–Crippen MR) is 150 cm³/mol. The first kappa shape index (κ1) is 27.3. The fourth-order valence-electron chi connectivity index (χ4n) is 3.98. The van der Waals surface area contributed by atoms with Crippen LogP contribution in [0, 0.1) is 6.92 Å². The second kappa shape index (κ2) is 13.1. The number of aromatic nitrogens is 1. The van der Waals surface area contributed by atoms with Gasteiger partial charge in [0.2, 0.25) is 0 Å². The number of hydrogen-bond acceptors (Lipinski definition) is 5. The summed E-state index contributed by atoms with van der Waals surface area (Å²) in [4.78, 5) is 30.3. The van der Waals surface area contributed by atoms with Crippen LogP contribution in [-0.2, 0) is 4.79 Å². The topological polar surface area (TPSA) is 94.6 Å². The molecule has 2 aromatic carbocycles. The number of likely N-dealkylation sites (tertiary alicyclic amines) is 1. The van der Waals surface area contributed by atoms with Crippen LogP contribution >= 0.6 is 23.6 Å². The van der Waals surface area contributed by atoms with Crippen LogP contribution in [0.15, 0.2) is 53.9 Å². The van der Waals surface area contributed by atoms with Gasteiger partial charge in [-0.1, -0.05) is 55.8 Å². The van der Waals surface area contributed by atoms with Crippen LogP contribution in [0.25, 0.3) is 11.1 Å². The van der Waals surface area contributed by atoms with Crippen LogP contribution in [-0.4, -0.2) is 51.6 Å². The van der Waals surface area contributed by atoms with Gasteiger partial charge in [0.15, 0.2) is 5.11 Å². The Morgan fingerprint density at radius 1 is 1.14 bits per heavy atom. The Morgan fingerprint density at radius 2 is 1.83 bits per heavy atom. The summed E-state index contributed by atoms with van der Waals surface area (Å²) < 4.78 is 0. The van der Waals surface area contributed by atoms with E-state index in [-0.39, 0.29) is 18.4 Å². The van der Waals surface area contributed by atoms with Crippen molar-refractivity contribution in [2.24, 2.45) is 0 Å². The molecule has 3 aromatic rings. The number of thiocarbonyl (C=S) groups is 1. The largest absolute Gasteiger partial charge is 0.480 e. The fourth-order valence-corrected chi connectivity index (χ4v) is 5.21. The number of carbonyl (C=O) groups excluding carboxylic acids is 1. The van der Waals surface area contributed by atoms with Gasteiger partial charge in [-0.15, -0.1) is 11.3 Å². The molecule has 36 heavy (non-hydrogen) atoms. The number of carboxylic acids is 1. The lowest BCUT2D eigenvalue weighted by molar-refractivity contribution is -0.135. The number of thiazole rings is 1. The summed E-state index contributed by atoms with van der Waals surface area (Å²) in [6.07, 6.45) is 1.69. The fraction of sp³-hybridized carbons (Fsp3) is 0.333. The summed E-state index contributed by atoms with van der Waals surface area (Å²) >= 11 is 6.79. The van der Waals surface area contributed by atoms with Crippen molar-refractivity contribution in [3.05, 3.63) is 70.2 Å². The molecule has 0 atom stereocenters. The molecule has 1 fully saturated rings. The van der Waals surface area contributed by atoms with Crippen LogP contribution in [0.2, 0.25) is 0 Å². The van der Waals surface area contributed by atoms with Gasteiger partial charge in [-0.05, 0) is 49.7 Å². The summed E-state index contributed by atoms with van der Waals surface area (Å²) in [5.74, 6) is -0.906. The van der Waals surface area contributed by atoms with E-state index in [1.807, 2.05) is 73.5 Å². The standard InChI is InChI=1S/C25H26N4O3S2.C2H6/c1-16-7-8-20(19(13-16)17-5-3-2-4-6-17)27-23(32)21-15-34-24(28-21)18-9-11-29(12-10-18)25(33)26-14-22(30)31;1-2/h2-8,13,15,18H,9-12,14H2,1H3,(H,26,33)(H,27,32)(H,30,31);1-2H3. The maximum absolute atomic E-state index is 13.0. The molecule has 7 nitrogen and oxygen atoms in total. The van der Waals surface area contributed by atoms with Gasteiger partial charge in [-0.25, -0.2) is 4.98 Å². The van der Waals surface area contributed by atoms with Crippen LogP contribution in [0.3, 0.4) is 0 Å². The van der Waals surface area contributed by atoms with E-state index in [0.29, 0.717) is 10.8 Å². The molecule has 0 bridgehead atoms. The van der Waals surface area contributed by atoms with Crippen molar-refractivity contribution in [1.82, 2.24) is 15.2 Å². The molecule has 1 amide bonds. The number of nitrogens with one attached hydrogen (secondary N) is 2. The SMILES string of the molecule is CC.Cc1ccc(NC(=O)c2csc(C3CCN(C(=S)NCC(=O)O)CC3)n2)c(-c2ccccc2)c1. The summed E-state index contributed by atoms with van der Waals surface area (Å²) in [6, 6.07) is 16.0. The van der Waals surface area contributed by atoms with Crippen molar-refractivity contribution in [2.75, 3.05) is 25.0 Å². The molecule has 0 saturated carbocycles. The zero-order valence-corrected chi connectivity index (χ0v) is 22.4. The maximum atomic E-state index is 13.0. The van der Waals surface area contributed by atoms with Gasteiger partial charge in [0.25, 0.3) is 5.91 Å². The normalized spacial score (nSPS) is 13.4. The van der Waals surface area contributed by atoms with E-state index < -0.39 is 5.97 Å². The van der Waals surface area contributed by atoms with Crippen LogP contribution in [0.1, 0.15) is 53.7 Å². The van der Waals surface area contributed by atoms with Gasteiger partial charge in [0.05, 0.1) is 5.01 Å². The third-order valence-electron chi connectivity index (χ3n) is 5.78. The predicted octanol–water partition coefficient (Wildman–Crippen LogP) is 5.54. The van der Waals surface area contributed by atoms with E-state index in [0.717, 1.165) is 53.3 Å². The first-order valence-electron chi connectivity index (χ1n) is 12.1. The zero-order valence-electron chi connectivity index (χ0n) is 20.8. The van der Waals surface area contributed by atoms with Crippen LogP contribution in [0.4, 0.5) is 5.69 Å². The summed E-state index contributed by atoms with van der Waals surface area (Å²) in [5.41, 5.74) is 4.32. The quantitative estimate of drug-likeness (QED) is 0.365. The number of carboxylic acid groups (broad SMARTS) is 1. The molecule has 0 unspecified atom stereocenters. The van der Waals surface area contributed by atoms with Gasteiger partial charge in [0, 0.05) is 35.6 Å². The Morgan fingerprint density at radius 3 is 2.50 bits per heavy atom. The molecule has 190 valence electrons. The number of hydrogen-bond donors (Lipinski definition) is 3. The molecule has 0 radical (unpaired) electrons. The summed E-state index contributed by atoms with van der Waals surface area (Å²) in [7, 11) is 0. The summed E-state index contributed by atoms with van der Waals surface area (Å²) in [6.45, 7) is 7.30. The lowest BCUT2D eigenvalue weighted by Crippen LogP contribution is -2.45. The lowest BCUT2D eigenvalue weighted by Gasteiger charge is -2.32.